The van der Waals surface area contributed by atoms with Crippen LogP contribution in [0.5, 0.6) is 0 Å². The fourth-order valence-corrected chi connectivity index (χ4v) is 5.95. The van der Waals surface area contributed by atoms with E-state index in [2.05, 4.69) is 52.0 Å². The summed E-state index contributed by atoms with van der Waals surface area (Å²) in [5.41, 5.74) is 5.23. The highest BCUT2D eigenvalue weighted by atomic mass is 19.1. The number of carbonyl (C=O) groups excluding carboxylic acids is 1. The number of aromatic nitrogens is 3. The van der Waals surface area contributed by atoms with Crippen LogP contribution in [0.25, 0.3) is 22.4 Å². The van der Waals surface area contributed by atoms with Crippen molar-refractivity contribution in [1.29, 1.82) is 0 Å². The van der Waals surface area contributed by atoms with Gasteiger partial charge in [-0.15, -0.1) is 5.10 Å². The maximum absolute atomic E-state index is 13.1. The number of nitrogens with zero attached hydrogens (tertiary/aromatic N) is 3. The molecule has 3 aromatic carbocycles. The average molecular weight is 497 g/mol. The molecule has 3 saturated heterocycles. The molecule has 2 N–H and O–H groups in total. The van der Waals surface area contributed by atoms with Crippen molar-refractivity contribution in [3.8, 4) is 22.4 Å². The van der Waals surface area contributed by atoms with Crippen molar-refractivity contribution in [3.05, 3.63) is 96.4 Å². The fraction of sp³-hybridized carbons (Fsp3) is 0.300. The molecule has 4 heterocycles. The Labute approximate surface area is 216 Å². The molecule has 3 aliphatic heterocycles. The van der Waals surface area contributed by atoms with Gasteiger partial charge in [0.05, 0.1) is 31.7 Å². The van der Waals surface area contributed by atoms with E-state index in [0.717, 1.165) is 49.3 Å². The number of piperidine rings is 3. The number of hydrogen-bond donors (Lipinski definition) is 2. The molecular weight excluding hydrogens is 465 g/mol. The van der Waals surface area contributed by atoms with E-state index in [1.807, 2.05) is 29.1 Å². The van der Waals surface area contributed by atoms with Crippen LogP contribution in [0.2, 0.25) is 0 Å². The number of halogens is 1. The third-order valence-corrected chi connectivity index (χ3v) is 8.00. The Morgan fingerprint density at radius 1 is 0.973 bits per heavy atom. The molecular formula is C30H31FN5O+. The van der Waals surface area contributed by atoms with Crippen molar-refractivity contribution in [2.45, 2.75) is 32.0 Å². The van der Waals surface area contributed by atoms with Crippen LogP contribution in [0.15, 0.2) is 85.1 Å². The Morgan fingerprint density at radius 3 is 2.43 bits per heavy atom. The predicted molar refractivity (Wildman–Crippen MR) is 140 cm³/mol. The van der Waals surface area contributed by atoms with Gasteiger partial charge >= 0.3 is 0 Å². The van der Waals surface area contributed by atoms with Gasteiger partial charge in [-0.05, 0) is 34.7 Å². The molecule has 4 atom stereocenters. The molecule has 7 rings (SSSR count). The number of fused-ring (bicyclic) bond motifs is 3. The van der Waals surface area contributed by atoms with Crippen molar-refractivity contribution in [2.75, 3.05) is 13.1 Å². The lowest BCUT2D eigenvalue weighted by atomic mass is 9.75. The predicted octanol–water partition coefficient (Wildman–Crippen LogP) is 3.36. The third kappa shape index (κ3) is 5.18. The fourth-order valence-electron chi connectivity index (χ4n) is 5.95. The van der Waals surface area contributed by atoms with E-state index in [1.165, 1.54) is 28.2 Å². The number of benzene rings is 3. The van der Waals surface area contributed by atoms with E-state index in [0.29, 0.717) is 18.5 Å². The average Bonchev–Trinajstić information content (AvgIpc) is 3.42. The first-order valence-corrected chi connectivity index (χ1v) is 13.0. The highest BCUT2D eigenvalue weighted by Crippen LogP contribution is 2.28. The van der Waals surface area contributed by atoms with Crippen LogP contribution in [-0.2, 0) is 17.9 Å². The van der Waals surface area contributed by atoms with Gasteiger partial charge in [-0.2, -0.15) is 0 Å². The van der Waals surface area contributed by atoms with Crippen LogP contribution in [0, 0.1) is 17.7 Å². The largest absolute Gasteiger partial charge is 0.352 e. The highest BCUT2D eigenvalue weighted by Gasteiger charge is 2.46. The molecule has 6 nitrogen and oxygen atoms in total. The number of amides is 1. The van der Waals surface area contributed by atoms with E-state index in [1.54, 1.807) is 12.1 Å². The lowest BCUT2D eigenvalue weighted by Crippen LogP contribution is -3.20. The molecule has 188 valence electrons. The Hall–Kier alpha value is -3.84. The lowest BCUT2D eigenvalue weighted by molar-refractivity contribution is -0.945. The van der Waals surface area contributed by atoms with Gasteiger partial charge in [0.25, 0.3) is 0 Å². The zero-order valence-electron chi connectivity index (χ0n) is 20.7. The molecule has 3 fully saturated rings. The van der Waals surface area contributed by atoms with E-state index in [-0.39, 0.29) is 17.6 Å². The summed E-state index contributed by atoms with van der Waals surface area (Å²) >= 11 is 0. The van der Waals surface area contributed by atoms with Crippen LogP contribution >= 0.6 is 0 Å². The second-order valence-corrected chi connectivity index (χ2v) is 10.3. The van der Waals surface area contributed by atoms with Crippen molar-refractivity contribution >= 4 is 5.91 Å². The second kappa shape index (κ2) is 10.3. The van der Waals surface area contributed by atoms with Crippen molar-refractivity contribution in [3.63, 3.8) is 0 Å². The zero-order valence-corrected chi connectivity index (χ0v) is 20.7. The van der Waals surface area contributed by atoms with Crippen molar-refractivity contribution in [1.82, 2.24) is 20.3 Å². The van der Waals surface area contributed by atoms with Gasteiger partial charge in [0.1, 0.15) is 17.6 Å². The summed E-state index contributed by atoms with van der Waals surface area (Å²) in [6.45, 7) is 3.20. The topological polar surface area (TPSA) is 64.2 Å². The van der Waals surface area contributed by atoms with Crippen LogP contribution in [-0.4, -0.2) is 40.0 Å². The lowest BCUT2D eigenvalue weighted by Gasteiger charge is -2.46. The van der Waals surface area contributed by atoms with E-state index in [9.17, 15) is 9.18 Å². The minimum atomic E-state index is -0.262. The first kappa shape index (κ1) is 23.6. The van der Waals surface area contributed by atoms with Gasteiger partial charge < -0.3 is 10.2 Å². The van der Waals surface area contributed by atoms with Gasteiger partial charge in [0, 0.05) is 24.9 Å². The Balaban J connectivity index is 1.05. The summed E-state index contributed by atoms with van der Waals surface area (Å²) in [5, 5.41) is 11.9. The number of quaternary nitrogens is 1. The molecule has 0 aliphatic carbocycles. The van der Waals surface area contributed by atoms with Gasteiger partial charge in [0.15, 0.2) is 0 Å². The van der Waals surface area contributed by atoms with Gasteiger partial charge in [-0.1, -0.05) is 71.9 Å². The number of rotatable bonds is 7. The monoisotopic (exact) mass is 496 g/mol. The second-order valence-electron chi connectivity index (χ2n) is 10.3. The molecule has 1 amide bonds. The summed E-state index contributed by atoms with van der Waals surface area (Å²) in [4.78, 5) is 14.4. The van der Waals surface area contributed by atoms with Gasteiger partial charge in [0.2, 0.25) is 5.91 Å². The van der Waals surface area contributed by atoms with Gasteiger partial charge in [-0.3, -0.25) is 4.79 Å². The minimum absolute atomic E-state index is 0.0369. The molecule has 7 heteroatoms. The summed E-state index contributed by atoms with van der Waals surface area (Å²) in [6.07, 6.45) is 4.13. The molecule has 2 bridgehead atoms. The number of nitrogens with one attached hydrogen (secondary N) is 2. The standard InChI is InChI=1S/C30H30FN5O/c31-26-12-6-21(7-13-26)17-32-30(37)28-19-35-15-14-25(28)16-27(35)18-36-20-29(33-34-36)24-10-8-23(9-11-24)22-4-2-1-3-5-22/h1-13,20,25,27-28H,14-19H2,(H,32,37)/p+1/t25-,27+,28-/m0/s1. The summed E-state index contributed by atoms with van der Waals surface area (Å²) in [7, 11) is 0. The van der Waals surface area contributed by atoms with Crippen LogP contribution < -0.4 is 10.2 Å². The number of carbonyl (C=O) groups is 1. The Bertz CT molecular complexity index is 1350. The van der Waals surface area contributed by atoms with Crippen LogP contribution in [0.4, 0.5) is 4.39 Å². The van der Waals surface area contributed by atoms with Crippen molar-refractivity contribution in [2.24, 2.45) is 11.8 Å². The maximum Gasteiger partial charge on any atom is 0.229 e. The molecule has 0 spiro atoms. The van der Waals surface area contributed by atoms with Crippen LogP contribution in [0.1, 0.15) is 18.4 Å². The van der Waals surface area contributed by atoms with Crippen LogP contribution in [0.3, 0.4) is 0 Å². The smallest absolute Gasteiger partial charge is 0.229 e. The summed E-state index contributed by atoms with van der Waals surface area (Å²) in [6, 6.07) is 25.5. The quantitative estimate of drug-likeness (QED) is 0.413. The van der Waals surface area contributed by atoms with E-state index < -0.39 is 0 Å². The SMILES string of the molecule is O=C(NCc1ccc(F)cc1)[C@H]1C[NH+]2CC[C@H]1C[C@@H]2Cn1cc(-c2ccc(-c3ccccc3)cc2)nn1. The van der Waals surface area contributed by atoms with E-state index in [4.69, 9.17) is 0 Å². The highest BCUT2D eigenvalue weighted by molar-refractivity contribution is 5.79. The van der Waals surface area contributed by atoms with Crippen molar-refractivity contribution < 1.29 is 14.1 Å². The summed E-state index contributed by atoms with van der Waals surface area (Å²) < 4.78 is 15.1. The van der Waals surface area contributed by atoms with E-state index >= 15 is 0 Å². The first-order chi connectivity index (χ1) is 18.1. The molecule has 1 aromatic heterocycles. The molecule has 1 unspecified atom stereocenters. The molecule has 4 aromatic rings. The molecule has 37 heavy (non-hydrogen) atoms. The molecule has 3 aliphatic rings. The first-order valence-electron chi connectivity index (χ1n) is 13.0. The third-order valence-electron chi connectivity index (χ3n) is 8.00. The Kier molecular flexibility index (Phi) is 6.53. The normalized spacial score (nSPS) is 22.6. The Morgan fingerprint density at radius 2 is 1.70 bits per heavy atom. The zero-order chi connectivity index (χ0) is 25.2. The number of hydrogen-bond acceptors (Lipinski definition) is 3. The minimum Gasteiger partial charge on any atom is -0.352 e. The molecule has 0 radical (unpaired) electrons. The maximum atomic E-state index is 13.1. The molecule has 0 saturated carbocycles. The van der Waals surface area contributed by atoms with Gasteiger partial charge in [-0.25, -0.2) is 9.07 Å². The summed E-state index contributed by atoms with van der Waals surface area (Å²) in [5.74, 6) is 0.286.